The van der Waals surface area contributed by atoms with Gasteiger partial charge in [0.15, 0.2) is 0 Å². The van der Waals surface area contributed by atoms with Crippen LogP contribution < -0.4 is 0 Å². The van der Waals surface area contributed by atoms with Gasteiger partial charge in [0.1, 0.15) is 0 Å². The molecule has 2 heteroatoms. The van der Waals surface area contributed by atoms with Crippen molar-refractivity contribution in [3.63, 3.8) is 0 Å². The maximum Gasteiger partial charge on any atom is 0.330 e. The van der Waals surface area contributed by atoms with E-state index >= 15 is 0 Å². The van der Waals surface area contributed by atoms with Crippen LogP contribution in [0.3, 0.4) is 0 Å². The fraction of sp³-hybridized carbons (Fsp3) is 0.545. The molecular formula is C11H18O2. The van der Waals surface area contributed by atoms with Crippen molar-refractivity contribution in [2.24, 2.45) is 0 Å². The fourth-order valence-corrected chi connectivity index (χ4v) is 0.874. The summed E-state index contributed by atoms with van der Waals surface area (Å²) in [5.74, 6) is -0.276. The normalized spacial score (nSPS) is 10.1. The van der Waals surface area contributed by atoms with Crippen LogP contribution in [0, 0.1) is 0 Å². The molecule has 0 heterocycles. The summed E-state index contributed by atoms with van der Waals surface area (Å²) >= 11 is 0. The Balaban J connectivity index is 3.41. The molecule has 13 heavy (non-hydrogen) atoms. The molecule has 0 N–H and O–H groups in total. The average Bonchev–Trinajstić information content (AvgIpc) is 2.10. The fourth-order valence-electron chi connectivity index (χ4n) is 0.874. The molecule has 0 spiro atoms. The molecule has 0 saturated carbocycles. The van der Waals surface area contributed by atoms with Gasteiger partial charge >= 0.3 is 5.97 Å². The van der Waals surface area contributed by atoms with E-state index in [1.165, 1.54) is 18.8 Å². The zero-order chi connectivity index (χ0) is 10.1. The summed E-state index contributed by atoms with van der Waals surface area (Å²) < 4.78 is 4.46. The number of unbranched alkanes of at least 4 members (excludes halogenated alkanes) is 2. The Kier molecular flexibility index (Phi) is 6.98. The van der Waals surface area contributed by atoms with E-state index in [4.69, 9.17) is 0 Å². The third-order valence-electron chi connectivity index (χ3n) is 1.58. The summed E-state index contributed by atoms with van der Waals surface area (Å²) in [7, 11) is 1.38. The van der Waals surface area contributed by atoms with Gasteiger partial charge in [-0.15, -0.1) is 0 Å². The highest BCUT2D eigenvalue weighted by Crippen LogP contribution is 2.01. The lowest BCUT2D eigenvalue weighted by Gasteiger charge is -1.92. The molecule has 0 rings (SSSR count). The van der Waals surface area contributed by atoms with Crippen molar-refractivity contribution in [2.45, 2.75) is 33.1 Å². The lowest BCUT2D eigenvalue weighted by atomic mass is 10.2. The third kappa shape index (κ3) is 8.86. The molecule has 0 radical (unpaired) electrons. The second kappa shape index (κ2) is 7.59. The second-order valence-electron chi connectivity index (χ2n) is 3.14. The zero-order valence-corrected chi connectivity index (χ0v) is 8.67. The predicted molar refractivity (Wildman–Crippen MR) is 54.4 cm³/mol. The van der Waals surface area contributed by atoms with E-state index in [9.17, 15) is 4.79 Å². The SMILES string of the molecule is COC(=O)C=CCCCC=C(C)C. The Hall–Kier alpha value is -1.05. The summed E-state index contributed by atoms with van der Waals surface area (Å²) in [6.07, 6.45) is 8.62. The molecule has 0 aliphatic rings. The molecule has 0 atom stereocenters. The van der Waals surface area contributed by atoms with E-state index in [1.807, 2.05) is 6.08 Å². The van der Waals surface area contributed by atoms with Gasteiger partial charge in [0, 0.05) is 6.08 Å². The van der Waals surface area contributed by atoms with Crippen LogP contribution in [0.15, 0.2) is 23.8 Å². The number of carbonyl (C=O) groups excluding carboxylic acids is 1. The molecule has 0 aliphatic carbocycles. The molecule has 0 unspecified atom stereocenters. The van der Waals surface area contributed by atoms with E-state index in [2.05, 4.69) is 24.7 Å². The number of hydrogen-bond acceptors (Lipinski definition) is 2. The van der Waals surface area contributed by atoms with Crippen molar-refractivity contribution >= 4 is 5.97 Å². The molecule has 0 amide bonds. The molecule has 0 aromatic rings. The van der Waals surface area contributed by atoms with Gasteiger partial charge in [-0.2, -0.15) is 0 Å². The first kappa shape index (κ1) is 11.9. The van der Waals surface area contributed by atoms with Crippen LogP contribution in [0.1, 0.15) is 33.1 Å². The molecule has 0 saturated heterocycles. The highest BCUT2D eigenvalue weighted by Gasteiger charge is 1.88. The van der Waals surface area contributed by atoms with Crippen LogP contribution in [0.2, 0.25) is 0 Å². The van der Waals surface area contributed by atoms with Crippen molar-refractivity contribution in [2.75, 3.05) is 7.11 Å². The number of rotatable bonds is 5. The van der Waals surface area contributed by atoms with Crippen LogP contribution in [0.5, 0.6) is 0 Å². The average molecular weight is 182 g/mol. The van der Waals surface area contributed by atoms with Crippen molar-refractivity contribution in [3.05, 3.63) is 23.8 Å². The molecule has 0 bridgehead atoms. The molecule has 0 aromatic carbocycles. The largest absolute Gasteiger partial charge is 0.466 e. The smallest absolute Gasteiger partial charge is 0.330 e. The van der Waals surface area contributed by atoms with Crippen molar-refractivity contribution < 1.29 is 9.53 Å². The minimum absolute atomic E-state index is 0.276. The van der Waals surface area contributed by atoms with Crippen LogP contribution in [0.4, 0.5) is 0 Å². The van der Waals surface area contributed by atoms with E-state index in [1.54, 1.807) is 0 Å². The first-order valence-electron chi connectivity index (χ1n) is 4.54. The lowest BCUT2D eigenvalue weighted by Crippen LogP contribution is -1.93. The summed E-state index contributed by atoms with van der Waals surface area (Å²) in [5, 5.41) is 0. The van der Waals surface area contributed by atoms with Crippen molar-refractivity contribution in [3.8, 4) is 0 Å². The monoisotopic (exact) mass is 182 g/mol. The highest BCUT2D eigenvalue weighted by atomic mass is 16.5. The molecule has 0 aliphatic heterocycles. The van der Waals surface area contributed by atoms with Gasteiger partial charge in [-0.25, -0.2) is 4.79 Å². The van der Waals surface area contributed by atoms with Crippen molar-refractivity contribution in [1.29, 1.82) is 0 Å². The predicted octanol–water partition coefficient (Wildman–Crippen LogP) is 2.85. The summed E-state index contributed by atoms with van der Waals surface area (Å²) in [4.78, 5) is 10.6. The summed E-state index contributed by atoms with van der Waals surface area (Å²) in [6.45, 7) is 4.18. The number of esters is 1. The van der Waals surface area contributed by atoms with Gasteiger partial charge in [0.05, 0.1) is 7.11 Å². The zero-order valence-electron chi connectivity index (χ0n) is 8.67. The molecule has 0 aromatic heterocycles. The number of hydrogen-bond donors (Lipinski definition) is 0. The van der Waals surface area contributed by atoms with Crippen LogP contribution in [0.25, 0.3) is 0 Å². The Morgan fingerprint density at radius 2 is 2.00 bits per heavy atom. The minimum atomic E-state index is -0.276. The molecule has 2 nitrogen and oxygen atoms in total. The number of allylic oxidation sites excluding steroid dienone is 3. The van der Waals surface area contributed by atoms with E-state index in [0.717, 1.165) is 19.3 Å². The Morgan fingerprint density at radius 1 is 1.31 bits per heavy atom. The Morgan fingerprint density at radius 3 is 2.54 bits per heavy atom. The van der Waals surface area contributed by atoms with Gasteiger partial charge in [-0.05, 0) is 33.1 Å². The number of ether oxygens (including phenoxy) is 1. The van der Waals surface area contributed by atoms with Crippen LogP contribution in [-0.2, 0) is 9.53 Å². The highest BCUT2D eigenvalue weighted by molar-refractivity contribution is 5.81. The molecule has 74 valence electrons. The first-order valence-corrected chi connectivity index (χ1v) is 4.54. The maximum atomic E-state index is 10.6. The number of carbonyl (C=O) groups is 1. The van der Waals surface area contributed by atoms with Crippen LogP contribution >= 0.6 is 0 Å². The van der Waals surface area contributed by atoms with Gasteiger partial charge in [0.25, 0.3) is 0 Å². The maximum absolute atomic E-state index is 10.6. The molecule has 0 fully saturated rings. The second-order valence-corrected chi connectivity index (χ2v) is 3.14. The quantitative estimate of drug-likeness (QED) is 0.283. The van der Waals surface area contributed by atoms with Gasteiger partial charge in [-0.1, -0.05) is 17.7 Å². The molecular weight excluding hydrogens is 164 g/mol. The van der Waals surface area contributed by atoms with Crippen molar-refractivity contribution in [1.82, 2.24) is 0 Å². The van der Waals surface area contributed by atoms with E-state index in [-0.39, 0.29) is 5.97 Å². The lowest BCUT2D eigenvalue weighted by molar-refractivity contribution is -0.134. The first-order chi connectivity index (χ1) is 6.16. The van der Waals surface area contributed by atoms with Gasteiger partial charge in [-0.3, -0.25) is 0 Å². The Labute approximate surface area is 80.3 Å². The van der Waals surface area contributed by atoms with E-state index in [0.29, 0.717) is 0 Å². The summed E-state index contributed by atoms with van der Waals surface area (Å²) in [6, 6.07) is 0. The van der Waals surface area contributed by atoms with Gasteiger partial charge < -0.3 is 4.74 Å². The minimum Gasteiger partial charge on any atom is -0.466 e. The number of methoxy groups -OCH3 is 1. The summed E-state index contributed by atoms with van der Waals surface area (Å²) in [5.41, 5.74) is 1.34. The van der Waals surface area contributed by atoms with E-state index < -0.39 is 0 Å². The van der Waals surface area contributed by atoms with Gasteiger partial charge in [0.2, 0.25) is 0 Å². The Bertz CT molecular complexity index is 198. The third-order valence-corrected chi connectivity index (χ3v) is 1.58. The standard InChI is InChI=1S/C11H18O2/c1-10(2)8-6-4-5-7-9-11(12)13-3/h7-9H,4-6H2,1-3H3. The van der Waals surface area contributed by atoms with Crippen LogP contribution in [-0.4, -0.2) is 13.1 Å². The topological polar surface area (TPSA) is 26.3 Å².